The van der Waals surface area contributed by atoms with Crippen molar-refractivity contribution >= 4 is 51.0 Å². The number of aromatic nitrogens is 1. The number of pyridine rings is 1. The van der Waals surface area contributed by atoms with Gasteiger partial charge in [0.15, 0.2) is 6.61 Å². The van der Waals surface area contributed by atoms with Crippen LogP contribution in [0.25, 0.3) is 10.9 Å². The predicted octanol–water partition coefficient (Wildman–Crippen LogP) is 3.24. The van der Waals surface area contributed by atoms with Gasteiger partial charge < -0.3 is 20.1 Å². The van der Waals surface area contributed by atoms with Crippen LogP contribution >= 0.6 is 11.3 Å². The minimum absolute atomic E-state index is 0.0934. The van der Waals surface area contributed by atoms with E-state index < -0.39 is 30.4 Å². The van der Waals surface area contributed by atoms with E-state index in [0.717, 1.165) is 11.3 Å². The molecule has 2 amide bonds. The number of ether oxygens (including phenoxy) is 2. The van der Waals surface area contributed by atoms with Crippen LogP contribution in [0.15, 0.2) is 30.3 Å². The van der Waals surface area contributed by atoms with Crippen LogP contribution in [-0.4, -0.2) is 49.0 Å². The van der Waals surface area contributed by atoms with E-state index in [1.807, 2.05) is 6.07 Å². The van der Waals surface area contributed by atoms with Gasteiger partial charge in [0, 0.05) is 18.1 Å². The highest BCUT2D eigenvalue weighted by atomic mass is 32.1. The molecule has 0 spiro atoms. The Labute approximate surface area is 194 Å². The first-order valence-electron chi connectivity index (χ1n) is 10.1. The van der Waals surface area contributed by atoms with Crippen molar-refractivity contribution in [2.24, 2.45) is 0 Å². The average Bonchev–Trinajstić information content (AvgIpc) is 3.12. The van der Waals surface area contributed by atoms with Crippen LogP contribution in [0.4, 0.5) is 5.00 Å². The van der Waals surface area contributed by atoms with Crippen LogP contribution in [0.5, 0.6) is 0 Å². The summed E-state index contributed by atoms with van der Waals surface area (Å²) in [7, 11) is 1.47. The number of hydrogen-bond donors (Lipinski definition) is 2. The lowest BCUT2D eigenvalue weighted by molar-refractivity contribution is -0.119. The Kier molecular flexibility index (Phi) is 7.39. The van der Waals surface area contributed by atoms with E-state index in [9.17, 15) is 19.2 Å². The first kappa shape index (κ1) is 23.9. The molecule has 2 N–H and O–H groups in total. The topological polar surface area (TPSA) is 124 Å². The van der Waals surface area contributed by atoms with Gasteiger partial charge in [-0.2, -0.15) is 0 Å². The molecule has 2 heterocycles. The minimum Gasteiger partial charge on any atom is -0.462 e. The first-order valence-corrected chi connectivity index (χ1v) is 10.9. The molecule has 0 aliphatic rings. The highest BCUT2D eigenvalue weighted by Gasteiger charge is 2.26. The largest absolute Gasteiger partial charge is 0.462 e. The quantitative estimate of drug-likeness (QED) is 0.509. The number of amides is 2. The molecule has 0 unspecified atom stereocenters. The molecule has 3 aromatic rings. The number of anilines is 1. The highest BCUT2D eigenvalue weighted by Crippen LogP contribution is 2.33. The van der Waals surface area contributed by atoms with Crippen LogP contribution in [0, 0.1) is 13.8 Å². The molecule has 0 bridgehead atoms. The Morgan fingerprint density at radius 3 is 2.48 bits per heavy atom. The van der Waals surface area contributed by atoms with Crippen molar-refractivity contribution in [3.63, 3.8) is 0 Å². The van der Waals surface area contributed by atoms with E-state index in [1.54, 1.807) is 45.0 Å². The molecule has 0 radical (unpaired) electrons. The molecular formula is C23H23N3O6S. The third-order valence-electron chi connectivity index (χ3n) is 4.71. The van der Waals surface area contributed by atoms with Gasteiger partial charge in [-0.25, -0.2) is 9.59 Å². The number of rotatable bonds is 7. The smallest absolute Gasteiger partial charge is 0.341 e. The zero-order chi connectivity index (χ0) is 24.1. The molecule has 0 fully saturated rings. The second-order valence-electron chi connectivity index (χ2n) is 7.01. The number of benzene rings is 1. The summed E-state index contributed by atoms with van der Waals surface area (Å²) >= 11 is 0.942. The SMILES string of the molecule is CCOC(=O)c1c(NC(=O)COC(=O)c2cc(C)nc3ccccc23)sc(C(=O)NC)c1C. The molecule has 0 saturated carbocycles. The van der Waals surface area contributed by atoms with Gasteiger partial charge in [0.05, 0.1) is 28.1 Å². The molecule has 2 aromatic heterocycles. The fraction of sp³-hybridized carbons (Fsp3) is 0.261. The molecular weight excluding hydrogens is 446 g/mol. The minimum atomic E-state index is -0.675. The molecule has 1 aromatic carbocycles. The third-order valence-corrected chi connectivity index (χ3v) is 5.92. The second kappa shape index (κ2) is 10.2. The molecule has 33 heavy (non-hydrogen) atoms. The summed E-state index contributed by atoms with van der Waals surface area (Å²) in [5.41, 5.74) is 2.07. The van der Waals surface area contributed by atoms with Gasteiger partial charge >= 0.3 is 11.9 Å². The van der Waals surface area contributed by atoms with E-state index in [0.29, 0.717) is 27.7 Å². The van der Waals surface area contributed by atoms with Gasteiger partial charge in [-0.1, -0.05) is 18.2 Å². The maximum Gasteiger partial charge on any atom is 0.341 e. The Morgan fingerprint density at radius 2 is 1.79 bits per heavy atom. The molecule has 172 valence electrons. The number of aryl methyl sites for hydroxylation is 1. The van der Waals surface area contributed by atoms with Crippen LogP contribution < -0.4 is 10.6 Å². The lowest BCUT2D eigenvalue weighted by Crippen LogP contribution is -2.22. The van der Waals surface area contributed by atoms with Crippen molar-refractivity contribution in [3.05, 3.63) is 57.6 Å². The standard InChI is InChI=1S/C23H23N3O6S/c1-5-31-23(30)18-13(3)19(20(28)24-4)33-21(18)26-17(27)11-32-22(29)15-10-12(2)25-16-9-7-6-8-14(15)16/h6-10H,5,11H2,1-4H3,(H,24,28)(H,26,27). The summed E-state index contributed by atoms with van der Waals surface area (Å²) in [5.74, 6) is -2.39. The number of thiophene rings is 1. The normalized spacial score (nSPS) is 10.5. The average molecular weight is 470 g/mol. The van der Waals surface area contributed by atoms with E-state index in [-0.39, 0.29) is 22.0 Å². The monoisotopic (exact) mass is 469 g/mol. The van der Waals surface area contributed by atoms with Gasteiger partial charge in [-0.05, 0) is 38.5 Å². The number of carbonyl (C=O) groups excluding carboxylic acids is 4. The summed E-state index contributed by atoms with van der Waals surface area (Å²) in [6.45, 7) is 4.56. The number of hydrogen-bond acceptors (Lipinski definition) is 8. The molecule has 0 atom stereocenters. The Hall–Kier alpha value is -3.79. The number of fused-ring (bicyclic) bond motifs is 1. The Bertz CT molecular complexity index is 1250. The van der Waals surface area contributed by atoms with Gasteiger partial charge in [-0.15, -0.1) is 11.3 Å². The highest BCUT2D eigenvalue weighted by molar-refractivity contribution is 7.18. The van der Waals surface area contributed by atoms with E-state index >= 15 is 0 Å². The van der Waals surface area contributed by atoms with E-state index in [2.05, 4.69) is 15.6 Å². The predicted molar refractivity (Wildman–Crippen MR) is 124 cm³/mol. The van der Waals surface area contributed by atoms with Crippen molar-refractivity contribution in [1.29, 1.82) is 0 Å². The zero-order valence-electron chi connectivity index (χ0n) is 18.6. The fourth-order valence-electron chi connectivity index (χ4n) is 3.23. The van der Waals surface area contributed by atoms with Gasteiger partial charge in [0.2, 0.25) is 0 Å². The molecule has 0 saturated heterocycles. The molecule has 3 rings (SSSR count). The maximum atomic E-state index is 12.7. The van der Waals surface area contributed by atoms with Gasteiger partial charge in [-0.3, -0.25) is 14.6 Å². The van der Waals surface area contributed by atoms with Gasteiger partial charge in [0.1, 0.15) is 5.00 Å². The summed E-state index contributed by atoms with van der Waals surface area (Å²) in [6.07, 6.45) is 0. The summed E-state index contributed by atoms with van der Waals surface area (Å²) in [4.78, 5) is 54.4. The fourth-order valence-corrected chi connectivity index (χ4v) is 4.39. The van der Waals surface area contributed by atoms with Crippen molar-refractivity contribution in [2.45, 2.75) is 20.8 Å². The van der Waals surface area contributed by atoms with Crippen LogP contribution in [0.1, 0.15) is 48.6 Å². The third kappa shape index (κ3) is 5.17. The summed E-state index contributed by atoms with van der Waals surface area (Å²) in [6, 6.07) is 8.72. The Balaban J connectivity index is 1.78. The van der Waals surface area contributed by atoms with Crippen molar-refractivity contribution < 1.29 is 28.7 Å². The Morgan fingerprint density at radius 1 is 1.06 bits per heavy atom. The first-order chi connectivity index (χ1) is 15.8. The van der Waals surface area contributed by atoms with Crippen molar-refractivity contribution in [3.8, 4) is 0 Å². The summed E-state index contributed by atoms with van der Waals surface area (Å²) < 4.78 is 10.3. The van der Waals surface area contributed by atoms with Crippen LogP contribution in [0.2, 0.25) is 0 Å². The number of nitrogens with zero attached hydrogens (tertiary/aromatic N) is 1. The number of carbonyl (C=O) groups is 4. The van der Waals surface area contributed by atoms with E-state index in [4.69, 9.17) is 9.47 Å². The molecule has 10 heteroatoms. The number of nitrogens with one attached hydrogen (secondary N) is 2. The zero-order valence-corrected chi connectivity index (χ0v) is 19.4. The number of para-hydroxylation sites is 1. The second-order valence-corrected chi connectivity index (χ2v) is 8.03. The van der Waals surface area contributed by atoms with Crippen LogP contribution in [-0.2, 0) is 14.3 Å². The maximum absolute atomic E-state index is 12.7. The number of esters is 2. The molecule has 0 aliphatic heterocycles. The van der Waals surface area contributed by atoms with Crippen LogP contribution in [0.3, 0.4) is 0 Å². The van der Waals surface area contributed by atoms with Crippen molar-refractivity contribution in [2.75, 3.05) is 25.6 Å². The lowest BCUT2D eigenvalue weighted by Gasteiger charge is -2.09. The molecule has 0 aliphatic carbocycles. The van der Waals surface area contributed by atoms with Crippen molar-refractivity contribution in [1.82, 2.24) is 10.3 Å². The lowest BCUT2D eigenvalue weighted by atomic mass is 10.1. The van der Waals surface area contributed by atoms with E-state index in [1.165, 1.54) is 7.05 Å². The summed E-state index contributed by atoms with van der Waals surface area (Å²) in [5, 5.41) is 5.81. The van der Waals surface area contributed by atoms with Gasteiger partial charge in [0.25, 0.3) is 11.8 Å². The molecule has 9 nitrogen and oxygen atoms in total.